The second-order valence-corrected chi connectivity index (χ2v) is 8.86. The highest BCUT2D eigenvalue weighted by atomic mass is 19.1. The zero-order chi connectivity index (χ0) is 24.5. The minimum atomic E-state index is -0.514. The van der Waals surface area contributed by atoms with Crippen molar-refractivity contribution >= 4 is 11.9 Å². The SMILES string of the molecule is CCc1c(F)cc([C@H]2CON=C3/C(=C/c4ccc(-n5cnc(C)c5)c(OC)c4)CCCN32)cc1F. The van der Waals surface area contributed by atoms with Gasteiger partial charge in [0.15, 0.2) is 5.84 Å². The van der Waals surface area contributed by atoms with E-state index in [-0.39, 0.29) is 18.2 Å². The smallest absolute Gasteiger partial charge is 0.172 e. The van der Waals surface area contributed by atoms with E-state index in [2.05, 4.69) is 21.1 Å². The van der Waals surface area contributed by atoms with Gasteiger partial charge >= 0.3 is 0 Å². The van der Waals surface area contributed by atoms with Gasteiger partial charge in [0.25, 0.3) is 0 Å². The molecule has 0 saturated carbocycles. The van der Waals surface area contributed by atoms with Crippen LogP contribution in [0.15, 0.2) is 53.6 Å². The summed E-state index contributed by atoms with van der Waals surface area (Å²) in [6.45, 7) is 4.67. The number of ether oxygens (including phenoxy) is 1. The average molecular weight is 479 g/mol. The standard InChI is InChI=1S/C27H28F2N4O2/c1-4-21-22(28)12-20(13-23(21)29)25-15-35-31-27-19(6-5-9-33(25)27)10-18-7-8-24(26(11-18)34-3)32-14-17(2)30-16-32/h7-8,10-14,16,25H,4-6,9,15H2,1-3H3/b19-10+/t25-/m1/s1. The van der Waals surface area contributed by atoms with E-state index in [4.69, 9.17) is 9.57 Å². The zero-order valence-corrected chi connectivity index (χ0v) is 20.1. The first-order chi connectivity index (χ1) is 17.0. The Morgan fingerprint density at radius 1 is 1.20 bits per heavy atom. The Hall–Kier alpha value is -3.68. The molecule has 182 valence electrons. The number of amidine groups is 1. The van der Waals surface area contributed by atoms with E-state index in [1.165, 1.54) is 12.1 Å². The first kappa shape index (κ1) is 23.1. The number of rotatable bonds is 5. The van der Waals surface area contributed by atoms with E-state index >= 15 is 0 Å². The molecule has 3 aromatic rings. The molecule has 1 saturated heterocycles. The molecule has 5 rings (SSSR count). The lowest BCUT2D eigenvalue weighted by Crippen LogP contribution is -2.44. The number of fused-ring (bicyclic) bond motifs is 1. The van der Waals surface area contributed by atoms with Gasteiger partial charge in [0.1, 0.15) is 24.0 Å². The minimum absolute atomic E-state index is 0.113. The number of piperidine rings is 1. The molecule has 0 spiro atoms. The normalized spacial score (nSPS) is 18.8. The van der Waals surface area contributed by atoms with Crippen molar-refractivity contribution in [3.8, 4) is 11.4 Å². The molecule has 0 aliphatic carbocycles. The lowest BCUT2D eigenvalue weighted by atomic mass is 9.95. The van der Waals surface area contributed by atoms with Crippen molar-refractivity contribution < 1.29 is 18.4 Å². The van der Waals surface area contributed by atoms with E-state index in [0.29, 0.717) is 17.8 Å². The molecule has 2 aromatic carbocycles. The van der Waals surface area contributed by atoms with Gasteiger partial charge < -0.3 is 19.0 Å². The van der Waals surface area contributed by atoms with Gasteiger partial charge in [-0.1, -0.05) is 18.1 Å². The molecule has 0 radical (unpaired) electrons. The summed E-state index contributed by atoms with van der Waals surface area (Å²) in [4.78, 5) is 12.0. The van der Waals surface area contributed by atoms with Gasteiger partial charge in [0.05, 0.1) is 30.9 Å². The van der Waals surface area contributed by atoms with Gasteiger partial charge in [0, 0.05) is 18.3 Å². The Labute approximate surface area is 203 Å². The molecule has 1 aromatic heterocycles. The van der Waals surface area contributed by atoms with Crippen molar-refractivity contribution in [2.24, 2.45) is 5.16 Å². The lowest BCUT2D eigenvalue weighted by molar-refractivity contribution is 0.0572. The molecular formula is C27H28F2N4O2. The summed E-state index contributed by atoms with van der Waals surface area (Å²) in [5.41, 5.74) is 4.48. The molecule has 0 unspecified atom stereocenters. The molecule has 0 bridgehead atoms. The van der Waals surface area contributed by atoms with Gasteiger partial charge in [0.2, 0.25) is 0 Å². The Kier molecular flexibility index (Phi) is 6.28. The number of hydrogen-bond donors (Lipinski definition) is 0. The molecule has 3 heterocycles. The van der Waals surface area contributed by atoms with Crippen molar-refractivity contribution in [3.63, 3.8) is 0 Å². The maximum Gasteiger partial charge on any atom is 0.172 e. The largest absolute Gasteiger partial charge is 0.495 e. The lowest BCUT2D eigenvalue weighted by Gasteiger charge is -2.40. The van der Waals surface area contributed by atoms with Crippen molar-refractivity contribution in [3.05, 3.63) is 82.4 Å². The fourth-order valence-corrected chi connectivity index (χ4v) is 4.83. The maximum absolute atomic E-state index is 14.5. The highest BCUT2D eigenvalue weighted by Crippen LogP contribution is 2.34. The Balaban J connectivity index is 1.45. The number of hydrogen-bond acceptors (Lipinski definition) is 5. The number of aryl methyl sites for hydroxylation is 1. The summed E-state index contributed by atoms with van der Waals surface area (Å²) in [5.74, 6) is 0.409. The van der Waals surface area contributed by atoms with Crippen LogP contribution >= 0.6 is 0 Å². The Morgan fingerprint density at radius 2 is 2.00 bits per heavy atom. The fourth-order valence-electron chi connectivity index (χ4n) is 4.83. The first-order valence-electron chi connectivity index (χ1n) is 11.8. The van der Waals surface area contributed by atoms with Crippen LogP contribution in [0.4, 0.5) is 8.78 Å². The molecule has 35 heavy (non-hydrogen) atoms. The number of benzene rings is 2. The van der Waals surface area contributed by atoms with Crippen LogP contribution in [0.25, 0.3) is 11.8 Å². The van der Waals surface area contributed by atoms with Crippen molar-refractivity contribution in [1.82, 2.24) is 14.5 Å². The zero-order valence-electron chi connectivity index (χ0n) is 20.1. The van der Waals surface area contributed by atoms with Crippen LogP contribution in [-0.2, 0) is 11.3 Å². The predicted molar refractivity (Wildman–Crippen MR) is 131 cm³/mol. The van der Waals surface area contributed by atoms with Gasteiger partial charge in [-0.25, -0.2) is 13.8 Å². The third-order valence-corrected chi connectivity index (χ3v) is 6.60. The topological polar surface area (TPSA) is 51.9 Å². The minimum Gasteiger partial charge on any atom is -0.495 e. The maximum atomic E-state index is 14.5. The number of oxime groups is 1. The molecule has 6 nitrogen and oxygen atoms in total. The molecule has 2 aliphatic heterocycles. The van der Waals surface area contributed by atoms with E-state index in [9.17, 15) is 8.78 Å². The van der Waals surface area contributed by atoms with E-state index in [1.54, 1.807) is 20.4 Å². The molecule has 1 atom stereocenters. The second-order valence-electron chi connectivity index (χ2n) is 8.86. The predicted octanol–water partition coefficient (Wildman–Crippen LogP) is 5.59. The van der Waals surface area contributed by atoms with Crippen molar-refractivity contribution in [2.45, 2.75) is 39.2 Å². The van der Waals surface area contributed by atoms with Crippen LogP contribution in [0.5, 0.6) is 5.75 Å². The van der Waals surface area contributed by atoms with Crippen LogP contribution in [0.2, 0.25) is 0 Å². The van der Waals surface area contributed by atoms with Crippen LogP contribution in [-0.4, -0.2) is 40.5 Å². The van der Waals surface area contributed by atoms with Crippen LogP contribution in [0.3, 0.4) is 0 Å². The molecule has 0 amide bonds. The summed E-state index contributed by atoms with van der Waals surface area (Å²) in [6.07, 6.45) is 7.82. The van der Waals surface area contributed by atoms with Crippen LogP contribution < -0.4 is 4.74 Å². The number of imidazole rings is 1. The molecule has 0 N–H and O–H groups in total. The number of halogens is 2. The van der Waals surface area contributed by atoms with E-state index < -0.39 is 11.6 Å². The summed E-state index contributed by atoms with van der Waals surface area (Å²) in [6, 6.07) is 8.55. The average Bonchev–Trinajstić information content (AvgIpc) is 3.29. The monoisotopic (exact) mass is 478 g/mol. The van der Waals surface area contributed by atoms with Crippen LogP contribution in [0.1, 0.15) is 48.2 Å². The van der Waals surface area contributed by atoms with Gasteiger partial charge in [-0.15, -0.1) is 0 Å². The highest BCUT2D eigenvalue weighted by Gasteiger charge is 2.33. The summed E-state index contributed by atoms with van der Waals surface area (Å²) in [5, 5.41) is 4.34. The summed E-state index contributed by atoms with van der Waals surface area (Å²) >= 11 is 0. The Bertz CT molecular complexity index is 1290. The van der Waals surface area contributed by atoms with Crippen molar-refractivity contribution in [1.29, 1.82) is 0 Å². The van der Waals surface area contributed by atoms with Crippen molar-refractivity contribution in [2.75, 3.05) is 20.3 Å². The third-order valence-electron chi connectivity index (χ3n) is 6.60. The molecule has 8 heteroatoms. The third kappa shape index (κ3) is 4.40. The number of nitrogens with zero attached hydrogens (tertiary/aromatic N) is 4. The molecule has 1 fully saturated rings. The number of aromatic nitrogens is 2. The molecule has 2 aliphatic rings. The summed E-state index contributed by atoms with van der Waals surface area (Å²) < 4.78 is 36.6. The molecular weight excluding hydrogens is 450 g/mol. The quantitative estimate of drug-likeness (QED) is 0.480. The van der Waals surface area contributed by atoms with Gasteiger partial charge in [-0.05, 0) is 73.2 Å². The van der Waals surface area contributed by atoms with Gasteiger partial charge in [-0.2, -0.15) is 0 Å². The summed E-state index contributed by atoms with van der Waals surface area (Å²) in [7, 11) is 1.65. The van der Waals surface area contributed by atoms with Crippen LogP contribution in [0, 0.1) is 18.6 Å². The van der Waals surface area contributed by atoms with E-state index in [0.717, 1.165) is 47.7 Å². The fraction of sp³-hybridized carbons (Fsp3) is 0.333. The Morgan fingerprint density at radius 3 is 2.69 bits per heavy atom. The highest BCUT2D eigenvalue weighted by molar-refractivity contribution is 6.03. The number of methoxy groups -OCH3 is 1. The van der Waals surface area contributed by atoms with Gasteiger partial charge in [-0.3, -0.25) is 0 Å². The second kappa shape index (κ2) is 9.52. The van der Waals surface area contributed by atoms with E-state index in [1.807, 2.05) is 35.9 Å². The first-order valence-corrected chi connectivity index (χ1v) is 11.8.